The number of aromatic amines is 1. The Labute approximate surface area is 134 Å². The van der Waals surface area contributed by atoms with Crippen molar-refractivity contribution in [2.45, 2.75) is 25.9 Å². The van der Waals surface area contributed by atoms with Gasteiger partial charge in [0.15, 0.2) is 5.78 Å². The van der Waals surface area contributed by atoms with Crippen molar-refractivity contribution in [3.63, 3.8) is 0 Å². The number of allylic oxidation sites excluding steroid dienone is 1. The van der Waals surface area contributed by atoms with Gasteiger partial charge in [-0.1, -0.05) is 13.8 Å². The maximum absolute atomic E-state index is 12.3. The van der Waals surface area contributed by atoms with E-state index in [-0.39, 0.29) is 16.9 Å². The summed E-state index contributed by atoms with van der Waals surface area (Å²) in [6.45, 7) is 5.44. The van der Waals surface area contributed by atoms with Crippen LogP contribution in [0.2, 0.25) is 0 Å². The first-order valence-corrected chi connectivity index (χ1v) is 7.61. The van der Waals surface area contributed by atoms with E-state index in [4.69, 9.17) is 4.74 Å². The van der Waals surface area contributed by atoms with E-state index < -0.39 is 11.0 Å². The van der Waals surface area contributed by atoms with Crippen LogP contribution in [0.4, 0.5) is 5.69 Å². The van der Waals surface area contributed by atoms with Crippen LogP contribution in [0.15, 0.2) is 34.8 Å². The molecule has 1 unspecified atom stereocenters. The van der Waals surface area contributed by atoms with Gasteiger partial charge in [-0.15, -0.1) is 0 Å². The number of hydrogen-bond acceptors (Lipinski definition) is 5. The molecule has 3 rings (SSSR count). The summed E-state index contributed by atoms with van der Waals surface area (Å²) in [5, 5.41) is 9.27. The number of rotatable bonds is 1. The second-order valence-corrected chi connectivity index (χ2v) is 6.81. The molecular formula is C17H19N3O3. The molecule has 2 heterocycles. The molecule has 120 valence electrons. The largest absolute Gasteiger partial charge is 0.367 e. The Morgan fingerprint density at radius 1 is 1.35 bits per heavy atom. The van der Waals surface area contributed by atoms with E-state index in [9.17, 15) is 14.9 Å². The van der Waals surface area contributed by atoms with Crippen molar-refractivity contribution in [3.05, 3.63) is 40.3 Å². The Balaban J connectivity index is 1.94. The molecule has 1 saturated heterocycles. The summed E-state index contributed by atoms with van der Waals surface area (Å²) in [5.74, 6) is -0.129. The van der Waals surface area contributed by atoms with Gasteiger partial charge in [0.2, 0.25) is 5.56 Å². The van der Waals surface area contributed by atoms with Crippen molar-refractivity contribution in [1.82, 2.24) is 4.98 Å². The average molecular weight is 313 g/mol. The standard InChI is InChI=1S/C17H19N3O3/c1-16(2)10-17(7-12(8-18)15(16)22)11-20(5-6-23-17)13-3-4-14(21)19-9-13/h3-4,7,9H,5-6,10-11H2,1-2H3,(H,19,21). The quantitative estimate of drug-likeness (QED) is 0.847. The van der Waals surface area contributed by atoms with Gasteiger partial charge in [-0.05, 0) is 18.6 Å². The lowest BCUT2D eigenvalue weighted by Gasteiger charge is -2.47. The number of nitrogens with zero attached hydrogens (tertiary/aromatic N) is 2. The summed E-state index contributed by atoms with van der Waals surface area (Å²) in [7, 11) is 0. The Hall–Kier alpha value is -2.39. The minimum absolute atomic E-state index is 0.129. The van der Waals surface area contributed by atoms with Crippen LogP contribution in [0, 0.1) is 16.7 Å². The summed E-state index contributed by atoms with van der Waals surface area (Å²) in [5.41, 5.74) is -0.365. The molecule has 0 amide bonds. The molecule has 6 nitrogen and oxygen atoms in total. The van der Waals surface area contributed by atoms with Crippen molar-refractivity contribution in [2.75, 3.05) is 24.6 Å². The van der Waals surface area contributed by atoms with Crippen LogP contribution in [0.3, 0.4) is 0 Å². The number of nitriles is 1. The molecule has 0 aromatic carbocycles. The lowest BCUT2D eigenvalue weighted by Crippen LogP contribution is -2.55. The number of anilines is 1. The maximum Gasteiger partial charge on any atom is 0.248 e. The van der Waals surface area contributed by atoms with E-state index in [1.165, 1.54) is 6.07 Å². The number of carbonyl (C=O) groups excluding carboxylic acids is 1. The van der Waals surface area contributed by atoms with Gasteiger partial charge in [-0.25, -0.2) is 0 Å². The molecule has 1 fully saturated rings. The fourth-order valence-corrected chi connectivity index (χ4v) is 3.48. The van der Waals surface area contributed by atoms with Crippen LogP contribution in [-0.4, -0.2) is 36.1 Å². The first-order chi connectivity index (χ1) is 10.9. The van der Waals surface area contributed by atoms with Gasteiger partial charge in [0.25, 0.3) is 0 Å². The van der Waals surface area contributed by atoms with Crippen LogP contribution in [-0.2, 0) is 9.53 Å². The smallest absolute Gasteiger partial charge is 0.248 e. The van der Waals surface area contributed by atoms with Crippen LogP contribution in [0.25, 0.3) is 0 Å². The molecule has 23 heavy (non-hydrogen) atoms. The van der Waals surface area contributed by atoms with Crippen molar-refractivity contribution >= 4 is 11.5 Å². The number of nitrogens with one attached hydrogen (secondary N) is 1. The average Bonchev–Trinajstić information content (AvgIpc) is 2.51. The van der Waals surface area contributed by atoms with Gasteiger partial charge >= 0.3 is 0 Å². The number of Topliss-reactive ketones (excluding diaryl/α,β-unsaturated/α-hetero) is 1. The highest BCUT2D eigenvalue weighted by molar-refractivity contribution is 6.04. The highest BCUT2D eigenvalue weighted by atomic mass is 16.5. The minimum atomic E-state index is -0.656. The van der Waals surface area contributed by atoms with Crippen LogP contribution in [0.1, 0.15) is 20.3 Å². The zero-order valence-electron chi connectivity index (χ0n) is 13.3. The number of H-pyrrole nitrogens is 1. The lowest BCUT2D eigenvalue weighted by molar-refractivity contribution is -0.130. The van der Waals surface area contributed by atoms with Crippen LogP contribution >= 0.6 is 0 Å². The number of pyridine rings is 1. The molecule has 1 N–H and O–H groups in total. The molecule has 1 spiro atoms. The van der Waals surface area contributed by atoms with Crippen molar-refractivity contribution in [3.8, 4) is 6.07 Å². The van der Waals surface area contributed by atoms with Gasteiger partial charge in [-0.2, -0.15) is 5.26 Å². The number of ether oxygens (including phenoxy) is 1. The third-order valence-corrected chi connectivity index (χ3v) is 4.47. The SMILES string of the molecule is CC1(C)CC2(C=C(C#N)C1=O)CN(c1ccc(=O)[nH]c1)CCO2. The van der Waals surface area contributed by atoms with Gasteiger partial charge < -0.3 is 14.6 Å². The molecule has 0 bridgehead atoms. The van der Waals surface area contributed by atoms with E-state index in [0.29, 0.717) is 26.1 Å². The van der Waals surface area contributed by atoms with Gasteiger partial charge in [0.1, 0.15) is 11.7 Å². The predicted molar refractivity (Wildman–Crippen MR) is 85.1 cm³/mol. The predicted octanol–water partition coefficient (Wildman–Crippen LogP) is 1.40. The second-order valence-electron chi connectivity index (χ2n) is 6.81. The molecular weight excluding hydrogens is 294 g/mol. The third-order valence-electron chi connectivity index (χ3n) is 4.47. The monoisotopic (exact) mass is 313 g/mol. The molecule has 1 aliphatic carbocycles. The molecule has 1 aromatic rings. The second kappa shape index (κ2) is 5.36. The zero-order valence-corrected chi connectivity index (χ0v) is 13.3. The number of morpholine rings is 1. The number of carbonyl (C=O) groups is 1. The number of ketones is 1. The Morgan fingerprint density at radius 2 is 2.13 bits per heavy atom. The van der Waals surface area contributed by atoms with Crippen molar-refractivity contribution < 1.29 is 9.53 Å². The Bertz CT molecular complexity index is 752. The molecule has 1 atom stereocenters. The van der Waals surface area contributed by atoms with Gasteiger partial charge in [-0.3, -0.25) is 9.59 Å². The summed E-state index contributed by atoms with van der Waals surface area (Å²) < 4.78 is 6.00. The molecule has 1 aliphatic heterocycles. The molecule has 1 aromatic heterocycles. The summed E-state index contributed by atoms with van der Waals surface area (Å²) in [6, 6.07) is 5.27. The number of hydrogen-bond donors (Lipinski definition) is 1. The highest BCUT2D eigenvalue weighted by Crippen LogP contribution is 2.41. The molecule has 0 saturated carbocycles. The zero-order chi connectivity index (χ0) is 16.7. The first kappa shape index (κ1) is 15.5. The van der Waals surface area contributed by atoms with Crippen molar-refractivity contribution in [2.24, 2.45) is 5.41 Å². The van der Waals surface area contributed by atoms with E-state index in [1.807, 2.05) is 19.9 Å². The summed E-state index contributed by atoms with van der Waals surface area (Å²) in [6.07, 6.45) is 3.89. The summed E-state index contributed by atoms with van der Waals surface area (Å²) >= 11 is 0. The third kappa shape index (κ3) is 2.80. The summed E-state index contributed by atoms with van der Waals surface area (Å²) in [4.78, 5) is 28.3. The maximum atomic E-state index is 12.3. The van der Waals surface area contributed by atoms with Gasteiger partial charge in [0, 0.05) is 24.2 Å². The molecule has 2 aliphatic rings. The minimum Gasteiger partial charge on any atom is -0.367 e. The first-order valence-electron chi connectivity index (χ1n) is 7.61. The highest BCUT2D eigenvalue weighted by Gasteiger charge is 2.48. The van der Waals surface area contributed by atoms with E-state index in [2.05, 4.69) is 9.88 Å². The van der Waals surface area contributed by atoms with E-state index >= 15 is 0 Å². The van der Waals surface area contributed by atoms with Gasteiger partial charge in [0.05, 0.1) is 24.4 Å². The topological polar surface area (TPSA) is 86.2 Å². The van der Waals surface area contributed by atoms with E-state index in [1.54, 1.807) is 18.3 Å². The van der Waals surface area contributed by atoms with Crippen LogP contribution < -0.4 is 10.5 Å². The Kier molecular flexibility index (Phi) is 3.61. The van der Waals surface area contributed by atoms with E-state index in [0.717, 1.165) is 5.69 Å². The fourth-order valence-electron chi connectivity index (χ4n) is 3.48. The fraction of sp³-hybridized carbons (Fsp3) is 0.471. The van der Waals surface area contributed by atoms with Crippen LogP contribution in [0.5, 0.6) is 0 Å². The lowest BCUT2D eigenvalue weighted by atomic mass is 9.69. The Morgan fingerprint density at radius 3 is 2.78 bits per heavy atom. The molecule has 0 radical (unpaired) electrons. The normalized spacial score (nSPS) is 26.7. The number of aromatic nitrogens is 1. The van der Waals surface area contributed by atoms with Crippen molar-refractivity contribution in [1.29, 1.82) is 5.26 Å². The molecule has 6 heteroatoms.